The minimum absolute atomic E-state index is 0.689. The molecule has 18 heavy (non-hydrogen) atoms. The summed E-state index contributed by atoms with van der Waals surface area (Å²) in [6.07, 6.45) is 4.08. The quantitative estimate of drug-likeness (QED) is 0.749. The Balaban J connectivity index is 2.38. The van der Waals surface area contributed by atoms with Crippen LogP contribution >= 0.6 is 0 Å². The molecule has 1 unspecified atom stereocenters. The van der Waals surface area contributed by atoms with E-state index in [9.17, 15) is 0 Å². The molecule has 0 saturated carbocycles. The zero-order valence-electron chi connectivity index (χ0n) is 13.2. The normalized spacial score (nSPS) is 20.0. The summed E-state index contributed by atoms with van der Waals surface area (Å²) in [4.78, 5) is 2.71. The van der Waals surface area contributed by atoms with Crippen LogP contribution in [0.3, 0.4) is 0 Å². The predicted octanol–water partition coefficient (Wildman–Crippen LogP) is 3.38. The fourth-order valence-electron chi connectivity index (χ4n) is 3.17. The summed E-state index contributed by atoms with van der Waals surface area (Å²) in [5.41, 5.74) is 0. The van der Waals surface area contributed by atoms with E-state index in [1.54, 1.807) is 0 Å². The summed E-state index contributed by atoms with van der Waals surface area (Å²) >= 11 is 0. The van der Waals surface area contributed by atoms with Crippen LogP contribution in [-0.2, 0) is 0 Å². The number of nitrogens with zero attached hydrogens (tertiary/aromatic N) is 1. The lowest BCUT2D eigenvalue weighted by Crippen LogP contribution is -2.41. The Kier molecular flexibility index (Phi) is 7.25. The Morgan fingerprint density at radius 3 is 2.17 bits per heavy atom. The summed E-state index contributed by atoms with van der Waals surface area (Å²) in [6, 6.07) is 0.689. The van der Waals surface area contributed by atoms with Crippen molar-refractivity contribution in [2.75, 3.05) is 26.2 Å². The Bertz CT molecular complexity index is 207. The second kappa shape index (κ2) is 8.16. The van der Waals surface area contributed by atoms with Gasteiger partial charge in [-0.05, 0) is 64.0 Å². The minimum Gasteiger partial charge on any atom is -0.317 e. The highest BCUT2D eigenvalue weighted by Crippen LogP contribution is 2.18. The third-order valence-electron chi connectivity index (χ3n) is 4.10. The first-order chi connectivity index (χ1) is 8.49. The highest BCUT2D eigenvalue weighted by Gasteiger charge is 2.20. The highest BCUT2D eigenvalue weighted by atomic mass is 15.1. The van der Waals surface area contributed by atoms with Crippen molar-refractivity contribution >= 4 is 0 Å². The maximum Gasteiger partial charge on any atom is 0.00388 e. The lowest BCUT2D eigenvalue weighted by Gasteiger charge is -2.34. The molecule has 0 aromatic carbocycles. The topological polar surface area (TPSA) is 15.3 Å². The molecule has 0 amide bonds. The first kappa shape index (κ1) is 16.0. The lowest BCUT2D eigenvalue weighted by molar-refractivity contribution is 0.143. The van der Waals surface area contributed by atoms with Crippen LogP contribution in [-0.4, -0.2) is 37.1 Å². The molecular weight excluding hydrogens is 220 g/mol. The summed E-state index contributed by atoms with van der Waals surface area (Å²) in [6.45, 7) is 16.8. The first-order valence-electron chi connectivity index (χ1n) is 7.93. The molecule has 1 aliphatic rings. The molecule has 1 rings (SSSR count). The van der Waals surface area contributed by atoms with Crippen molar-refractivity contribution in [1.29, 1.82) is 0 Å². The van der Waals surface area contributed by atoms with Gasteiger partial charge in [0.15, 0.2) is 0 Å². The van der Waals surface area contributed by atoms with Gasteiger partial charge in [-0.3, -0.25) is 0 Å². The molecule has 1 heterocycles. The van der Waals surface area contributed by atoms with Crippen LogP contribution in [0.4, 0.5) is 0 Å². The highest BCUT2D eigenvalue weighted by molar-refractivity contribution is 4.75. The van der Waals surface area contributed by atoms with Crippen molar-refractivity contribution in [1.82, 2.24) is 10.2 Å². The molecule has 1 fully saturated rings. The van der Waals surface area contributed by atoms with Gasteiger partial charge in [-0.1, -0.05) is 20.8 Å². The number of hydrogen-bond acceptors (Lipinski definition) is 2. The maximum atomic E-state index is 3.47. The van der Waals surface area contributed by atoms with Crippen LogP contribution in [0.1, 0.15) is 53.9 Å². The van der Waals surface area contributed by atoms with Gasteiger partial charge in [-0.25, -0.2) is 0 Å². The molecule has 0 radical (unpaired) electrons. The SMILES string of the molecule is CC(C)CC(C)CN(CC1CCNCC1)C(C)C. The molecule has 0 bridgehead atoms. The van der Waals surface area contributed by atoms with Gasteiger partial charge >= 0.3 is 0 Å². The van der Waals surface area contributed by atoms with Gasteiger partial charge in [0.25, 0.3) is 0 Å². The molecule has 0 aromatic rings. The fourth-order valence-corrected chi connectivity index (χ4v) is 3.17. The summed E-state index contributed by atoms with van der Waals surface area (Å²) in [7, 11) is 0. The molecule has 1 saturated heterocycles. The Morgan fingerprint density at radius 2 is 1.67 bits per heavy atom. The Hall–Kier alpha value is -0.0800. The predicted molar refractivity (Wildman–Crippen MR) is 80.9 cm³/mol. The monoisotopic (exact) mass is 254 g/mol. The molecular formula is C16H34N2. The first-order valence-corrected chi connectivity index (χ1v) is 7.93. The minimum atomic E-state index is 0.689. The van der Waals surface area contributed by atoms with Gasteiger partial charge < -0.3 is 10.2 Å². The van der Waals surface area contributed by atoms with Gasteiger partial charge in [0.2, 0.25) is 0 Å². The molecule has 2 nitrogen and oxygen atoms in total. The van der Waals surface area contributed by atoms with Crippen LogP contribution in [0.5, 0.6) is 0 Å². The molecule has 0 aliphatic carbocycles. The van der Waals surface area contributed by atoms with Gasteiger partial charge in [0.05, 0.1) is 0 Å². The van der Waals surface area contributed by atoms with E-state index in [-0.39, 0.29) is 0 Å². The Morgan fingerprint density at radius 1 is 1.06 bits per heavy atom. The van der Waals surface area contributed by atoms with E-state index in [4.69, 9.17) is 0 Å². The fraction of sp³-hybridized carbons (Fsp3) is 1.00. The van der Waals surface area contributed by atoms with Crippen molar-refractivity contribution in [3.63, 3.8) is 0 Å². The number of hydrogen-bond donors (Lipinski definition) is 1. The summed E-state index contributed by atoms with van der Waals surface area (Å²) in [5, 5.41) is 3.47. The van der Waals surface area contributed by atoms with Crippen molar-refractivity contribution in [2.24, 2.45) is 17.8 Å². The zero-order chi connectivity index (χ0) is 13.5. The third kappa shape index (κ3) is 6.19. The second-order valence-corrected chi connectivity index (χ2v) is 6.98. The van der Waals surface area contributed by atoms with Crippen molar-refractivity contribution < 1.29 is 0 Å². The zero-order valence-corrected chi connectivity index (χ0v) is 13.2. The molecule has 1 aliphatic heterocycles. The van der Waals surface area contributed by atoms with E-state index in [1.165, 1.54) is 45.4 Å². The maximum absolute atomic E-state index is 3.47. The molecule has 1 N–H and O–H groups in total. The molecule has 0 spiro atoms. The average Bonchev–Trinajstić information content (AvgIpc) is 2.28. The van der Waals surface area contributed by atoms with Crippen LogP contribution < -0.4 is 5.32 Å². The smallest absolute Gasteiger partial charge is 0.00388 e. The van der Waals surface area contributed by atoms with E-state index < -0.39 is 0 Å². The summed E-state index contributed by atoms with van der Waals surface area (Å²) < 4.78 is 0. The largest absolute Gasteiger partial charge is 0.317 e. The van der Waals surface area contributed by atoms with Gasteiger partial charge in [-0.2, -0.15) is 0 Å². The third-order valence-corrected chi connectivity index (χ3v) is 4.10. The van der Waals surface area contributed by atoms with Crippen LogP contribution in [0.25, 0.3) is 0 Å². The van der Waals surface area contributed by atoms with E-state index in [2.05, 4.69) is 44.8 Å². The second-order valence-electron chi connectivity index (χ2n) is 6.98. The standard InChI is InChI=1S/C16H34N2/c1-13(2)10-15(5)11-18(14(3)4)12-16-6-8-17-9-7-16/h13-17H,6-12H2,1-5H3. The van der Waals surface area contributed by atoms with E-state index in [1.807, 2.05) is 0 Å². The molecule has 2 heteroatoms. The van der Waals surface area contributed by atoms with E-state index >= 15 is 0 Å². The Labute approximate surface area is 115 Å². The number of rotatable bonds is 7. The van der Waals surface area contributed by atoms with Crippen LogP contribution in [0.2, 0.25) is 0 Å². The lowest BCUT2D eigenvalue weighted by atomic mass is 9.94. The number of piperidine rings is 1. The van der Waals surface area contributed by atoms with E-state index in [0.29, 0.717) is 6.04 Å². The average molecular weight is 254 g/mol. The van der Waals surface area contributed by atoms with Crippen molar-refractivity contribution in [2.45, 2.75) is 59.9 Å². The summed E-state index contributed by atoms with van der Waals surface area (Å²) in [5.74, 6) is 2.57. The van der Waals surface area contributed by atoms with Crippen LogP contribution in [0.15, 0.2) is 0 Å². The van der Waals surface area contributed by atoms with Crippen molar-refractivity contribution in [3.8, 4) is 0 Å². The van der Waals surface area contributed by atoms with Crippen LogP contribution in [0, 0.1) is 17.8 Å². The molecule has 1 atom stereocenters. The van der Waals surface area contributed by atoms with Gasteiger partial charge in [0, 0.05) is 19.1 Å². The number of nitrogens with one attached hydrogen (secondary N) is 1. The van der Waals surface area contributed by atoms with Gasteiger partial charge in [0.1, 0.15) is 0 Å². The molecule has 108 valence electrons. The van der Waals surface area contributed by atoms with Crippen molar-refractivity contribution in [3.05, 3.63) is 0 Å². The molecule has 0 aromatic heterocycles. The van der Waals surface area contributed by atoms with Gasteiger partial charge in [-0.15, -0.1) is 0 Å². The van der Waals surface area contributed by atoms with E-state index in [0.717, 1.165) is 17.8 Å².